The van der Waals surface area contributed by atoms with Crippen LogP contribution in [0.3, 0.4) is 0 Å². The second-order valence-electron chi connectivity index (χ2n) is 4.96. The molecule has 1 aliphatic heterocycles. The average Bonchev–Trinajstić information content (AvgIpc) is 2.50. The van der Waals surface area contributed by atoms with Crippen LogP contribution in [-0.4, -0.2) is 11.5 Å². The summed E-state index contributed by atoms with van der Waals surface area (Å²) in [6.45, 7) is 2.57. The standard InChI is InChI=1S/C10H16S/c1-9-6-11-7-10(9)4-2-8(9)3-5-10/h8H,2-7H2,1H3/t8?,9-,10?/m0/s1. The van der Waals surface area contributed by atoms with Crippen molar-refractivity contribution in [3.63, 3.8) is 0 Å². The van der Waals surface area contributed by atoms with E-state index in [9.17, 15) is 0 Å². The summed E-state index contributed by atoms with van der Waals surface area (Å²) < 4.78 is 0. The van der Waals surface area contributed by atoms with Crippen molar-refractivity contribution >= 4 is 11.8 Å². The fourth-order valence-electron chi connectivity index (χ4n) is 3.85. The zero-order valence-electron chi connectivity index (χ0n) is 7.23. The van der Waals surface area contributed by atoms with E-state index in [0.29, 0.717) is 0 Å². The monoisotopic (exact) mass is 168 g/mol. The molecule has 2 aliphatic carbocycles. The highest BCUT2D eigenvalue weighted by Crippen LogP contribution is 2.71. The van der Waals surface area contributed by atoms with Crippen LogP contribution >= 0.6 is 11.8 Å². The molecule has 0 N–H and O–H groups in total. The third-order valence-corrected chi connectivity index (χ3v) is 6.40. The van der Waals surface area contributed by atoms with E-state index in [1.54, 1.807) is 25.7 Å². The molecule has 3 aliphatic rings. The Hall–Kier alpha value is 0.350. The minimum Gasteiger partial charge on any atom is -0.161 e. The van der Waals surface area contributed by atoms with Crippen LogP contribution in [0, 0.1) is 16.7 Å². The molecule has 0 spiro atoms. The maximum Gasteiger partial charge on any atom is -0.000497 e. The summed E-state index contributed by atoms with van der Waals surface area (Å²) >= 11 is 2.22. The Bertz CT molecular complexity index is 180. The van der Waals surface area contributed by atoms with E-state index in [1.807, 2.05) is 0 Å². The molecule has 2 saturated carbocycles. The van der Waals surface area contributed by atoms with E-state index >= 15 is 0 Å². The van der Waals surface area contributed by atoms with Gasteiger partial charge in [0.15, 0.2) is 0 Å². The highest BCUT2D eigenvalue weighted by atomic mass is 32.2. The Morgan fingerprint density at radius 1 is 1.18 bits per heavy atom. The summed E-state index contributed by atoms with van der Waals surface area (Å²) in [7, 11) is 0. The van der Waals surface area contributed by atoms with E-state index in [2.05, 4.69) is 18.7 Å². The van der Waals surface area contributed by atoms with Crippen molar-refractivity contribution in [1.29, 1.82) is 0 Å². The Kier molecular flexibility index (Phi) is 1.12. The number of rotatable bonds is 0. The first-order chi connectivity index (χ1) is 5.27. The van der Waals surface area contributed by atoms with E-state index in [4.69, 9.17) is 0 Å². The van der Waals surface area contributed by atoms with Crippen LogP contribution in [0.1, 0.15) is 32.6 Å². The highest BCUT2D eigenvalue weighted by molar-refractivity contribution is 7.99. The quantitative estimate of drug-likeness (QED) is 0.536. The number of hydrogen-bond acceptors (Lipinski definition) is 1. The largest absolute Gasteiger partial charge is 0.161 e. The lowest BCUT2D eigenvalue weighted by atomic mass is 9.71. The molecule has 11 heavy (non-hydrogen) atoms. The van der Waals surface area contributed by atoms with Gasteiger partial charge in [-0.3, -0.25) is 0 Å². The van der Waals surface area contributed by atoms with Gasteiger partial charge in [0.2, 0.25) is 0 Å². The van der Waals surface area contributed by atoms with Gasteiger partial charge in [0, 0.05) is 0 Å². The molecular weight excluding hydrogens is 152 g/mol. The zero-order valence-corrected chi connectivity index (χ0v) is 8.04. The summed E-state index contributed by atoms with van der Waals surface area (Å²) in [5, 5.41) is 0. The van der Waals surface area contributed by atoms with Crippen LogP contribution < -0.4 is 0 Å². The summed E-state index contributed by atoms with van der Waals surface area (Å²) in [5.74, 6) is 4.06. The van der Waals surface area contributed by atoms with Crippen molar-refractivity contribution in [3.05, 3.63) is 0 Å². The second-order valence-corrected chi connectivity index (χ2v) is 5.95. The van der Waals surface area contributed by atoms with Crippen LogP contribution in [0.15, 0.2) is 0 Å². The van der Waals surface area contributed by atoms with Gasteiger partial charge in [0.1, 0.15) is 0 Å². The molecule has 1 heteroatoms. The molecule has 1 atom stereocenters. The fourth-order valence-corrected chi connectivity index (χ4v) is 5.93. The van der Waals surface area contributed by atoms with Crippen LogP contribution in [0.4, 0.5) is 0 Å². The summed E-state index contributed by atoms with van der Waals surface area (Å²) in [6.07, 6.45) is 6.22. The van der Waals surface area contributed by atoms with Gasteiger partial charge in [0.05, 0.1) is 0 Å². The Morgan fingerprint density at radius 3 is 2.55 bits per heavy atom. The molecule has 0 aromatic carbocycles. The third kappa shape index (κ3) is 0.577. The Labute approximate surface area is 73.1 Å². The van der Waals surface area contributed by atoms with Crippen LogP contribution in [0.25, 0.3) is 0 Å². The minimum atomic E-state index is 0.775. The molecule has 0 nitrogen and oxygen atoms in total. The summed E-state index contributed by atoms with van der Waals surface area (Å²) in [4.78, 5) is 0. The SMILES string of the molecule is C[C@@]12CSCC13CCC2CC3. The third-order valence-electron chi connectivity index (χ3n) is 4.84. The molecule has 62 valence electrons. The second kappa shape index (κ2) is 1.81. The van der Waals surface area contributed by atoms with Gasteiger partial charge in [-0.15, -0.1) is 0 Å². The summed E-state index contributed by atoms with van der Waals surface area (Å²) in [6, 6.07) is 0. The van der Waals surface area contributed by atoms with Gasteiger partial charge in [-0.25, -0.2) is 0 Å². The van der Waals surface area contributed by atoms with Gasteiger partial charge in [-0.2, -0.15) is 11.8 Å². The molecule has 0 amide bonds. The molecule has 0 aromatic heterocycles. The maximum atomic E-state index is 2.57. The highest BCUT2D eigenvalue weighted by Gasteiger charge is 2.63. The molecule has 3 fully saturated rings. The van der Waals surface area contributed by atoms with E-state index in [0.717, 1.165) is 16.7 Å². The predicted molar refractivity (Wildman–Crippen MR) is 49.8 cm³/mol. The minimum absolute atomic E-state index is 0.775. The van der Waals surface area contributed by atoms with E-state index < -0.39 is 0 Å². The van der Waals surface area contributed by atoms with Gasteiger partial charge in [-0.05, 0) is 53.9 Å². The number of thioether (sulfide) groups is 1. The van der Waals surface area contributed by atoms with Crippen molar-refractivity contribution in [2.45, 2.75) is 32.6 Å². The van der Waals surface area contributed by atoms with E-state index in [1.165, 1.54) is 11.5 Å². The zero-order chi connectivity index (χ0) is 7.53. The van der Waals surface area contributed by atoms with Gasteiger partial charge < -0.3 is 0 Å². The summed E-state index contributed by atoms with van der Waals surface area (Å²) in [5.41, 5.74) is 1.60. The predicted octanol–water partition coefficient (Wildman–Crippen LogP) is 2.93. The average molecular weight is 168 g/mol. The molecule has 1 saturated heterocycles. The van der Waals surface area contributed by atoms with Crippen LogP contribution in [0.2, 0.25) is 0 Å². The molecule has 1 heterocycles. The van der Waals surface area contributed by atoms with Crippen molar-refractivity contribution in [2.75, 3.05) is 11.5 Å². The first-order valence-corrected chi connectivity index (χ1v) is 6.00. The van der Waals surface area contributed by atoms with E-state index in [-0.39, 0.29) is 0 Å². The fraction of sp³-hybridized carbons (Fsp3) is 1.00. The smallest absolute Gasteiger partial charge is 0.000497 e. The van der Waals surface area contributed by atoms with Crippen LogP contribution in [-0.2, 0) is 0 Å². The van der Waals surface area contributed by atoms with Gasteiger partial charge >= 0.3 is 0 Å². The Morgan fingerprint density at radius 2 is 1.91 bits per heavy atom. The molecule has 2 bridgehead atoms. The lowest BCUT2D eigenvalue weighted by Gasteiger charge is -2.32. The molecule has 0 unspecified atom stereocenters. The van der Waals surface area contributed by atoms with Crippen molar-refractivity contribution in [2.24, 2.45) is 16.7 Å². The first-order valence-electron chi connectivity index (χ1n) is 4.85. The van der Waals surface area contributed by atoms with Crippen molar-refractivity contribution in [3.8, 4) is 0 Å². The lowest BCUT2D eigenvalue weighted by Crippen LogP contribution is -2.30. The molecule has 3 rings (SSSR count). The lowest BCUT2D eigenvalue weighted by molar-refractivity contribution is 0.179. The normalized spacial score (nSPS) is 60.3. The van der Waals surface area contributed by atoms with Gasteiger partial charge in [-0.1, -0.05) is 6.92 Å². The van der Waals surface area contributed by atoms with Gasteiger partial charge in [0.25, 0.3) is 0 Å². The molecule has 0 radical (unpaired) electrons. The Balaban J connectivity index is 2.10. The topological polar surface area (TPSA) is 0 Å². The van der Waals surface area contributed by atoms with Crippen LogP contribution in [0.5, 0.6) is 0 Å². The van der Waals surface area contributed by atoms with Crippen molar-refractivity contribution in [1.82, 2.24) is 0 Å². The number of hydrogen-bond donors (Lipinski definition) is 0. The first kappa shape index (κ1) is 6.82. The maximum absolute atomic E-state index is 2.57. The molecular formula is C10H16S. The molecule has 0 aromatic rings. The van der Waals surface area contributed by atoms with Crippen molar-refractivity contribution < 1.29 is 0 Å².